The molecule has 3 nitrogen and oxygen atoms in total. The van der Waals surface area contributed by atoms with Crippen LogP contribution in [0.1, 0.15) is 33.6 Å². The molecule has 1 heterocycles. The fourth-order valence-corrected chi connectivity index (χ4v) is 2.37. The van der Waals surface area contributed by atoms with Crippen molar-refractivity contribution in [1.29, 1.82) is 5.26 Å². The van der Waals surface area contributed by atoms with Crippen molar-refractivity contribution < 1.29 is 0 Å². The van der Waals surface area contributed by atoms with Gasteiger partial charge >= 0.3 is 0 Å². The Bertz CT molecular complexity index is 607. The molecule has 92 valence electrons. The lowest BCUT2D eigenvalue weighted by molar-refractivity contribution is 0.665. The van der Waals surface area contributed by atoms with Crippen molar-refractivity contribution in [2.45, 2.75) is 34.2 Å². The fraction of sp³-hybridized carbons (Fsp3) is 0.333. The zero-order valence-electron chi connectivity index (χ0n) is 11.3. The molecule has 0 fully saturated rings. The molecular weight excluding hydrogens is 222 g/mol. The zero-order chi connectivity index (χ0) is 13.3. The third-order valence-electron chi connectivity index (χ3n) is 3.16. The molecule has 0 atom stereocenters. The lowest BCUT2D eigenvalue weighted by atomic mass is 10.00. The van der Waals surface area contributed by atoms with Crippen LogP contribution >= 0.6 is 0 Å². The maximum absolute atomic E-state index is 9.08. The minimum atomic E-state index is 0.617. The van der Waals surface area contributed by atoms with E-state index in [1.54, 1.807) is 4.68 Å². The van der Waals surface area contributed by atoms with Crippen LogP contribution in [0.25, 0.3) is 0 Å². The smallest absolute Gasteiger partial charge is 0.139 e. The molecule has 3 heteroatoms. The number of aromatic nitrogens is 2. The van der Waals surface area contributed by atoms with E-state index in [4.69, 9.17) is 5.26 Å². The van der Waals surface area contributed by atoms with Crippen molar-refractivity contribution in [2.75, 3.05) is 0 Å². The van der Waals surface area contributed by atoms with Crippen LogP contribution < -0.4 is 0 Å². The van der Waals surface area contributed by atoms with Gasteiger partial charge in [0.2, 0.25) is 0 Å². The van der Waals surface area contributed by atoms with E-state index in [1.807, 2.05) is 13.0 Å². The topological polar surface area (TPSA) is 41.6 Å². The normalized spacial score (nSPS) is 10.4. The summed E-state index contributed by atoms with van der Waals surface area (Å²) in [6.07, 6.45) is 0. The summed E-state index contributed by atoms with van der Waals surface area (Å²) in [5, 5.41) is 13.5. The van der Waals surface area contributed by atoms with E-state index >= 15 is 0 Å². The van der Waals surface area contributed by atoms with Crippen LogP contribution in [-0.2, 0) is 6.54 Å². The summed E-state index contributed by atoms with van der Waals surface area (Å²) in [7, 11) is 0. The third-order valence-corrected chi connectivity index (χ3v) is 3.16. The van der Waals surface area contributed by atoms with Gasteiger partial charge in [-0.15, -0.1) is 0 Å². The van der Waals surface area contributed by atoms with Gasteiger partial charge in [0.15, 0.2) is 0 Å². The van der Waals surface area contributed by atoms with Gasteiger partial charge in [0.1, 0.15) is 11.8 Å². The van der Waals surface area contributed by atoms with Crippen LogP contribution in [0.15, 0.2) is 18.2 Å². The van der Waals surface area contributed by atoms with Gasteiger partial charge in [-0.3, -0.25) is 4.68 Å². The number of hydrogen-bond acceptors (Lipinski definition) is 2. The van der Waals surface area contributed by atoms with Crippen LogP contribution in [-0.4, -0.2) is 9.78 Å². The van der Waals surface area contributed by atoms with Gasteiger partial charge in [0.25, 0.3) is 0 Å². The second-order valence-electron chi connectivity index (χ2n) is 4.82. The molecule has 1 aromatic carbocycles. The summed E-state index contributed by atoms with van der Waals surface area (Å²) in [6, 6.07) is 8.35. The molecule has 0 aliphatic heterocycles. The van der Waals surface area contributed by atoms with E-state index in [9.17, 15) is 0 Å². The monoisotopic (exact) mass is 239 g/mol. The molecule has 0 unspecified atom stereocenters. The maximum Gasteiger partial charge on any atom is 0.139 e. The highest BCUT2D eigenvalue weighted by Gasteiger charge is 2.09. The third kappa shape index (κ3) is 2.28. The number of hydrogen-bond donors (Lipinski definition) is 0. The van der Waals surface area contributed by atoms with Crippen molar-refractivity contribution in [1.82, 2.24) is 9.78 Å². The molecule has 0 aliphatic rings. The van der Waals surface area contributed by atoms with E-state index in [0.717, 1.165) is 5.69 Å². The highest BCUT2D eigenvalue weighted by atomic mass is 15.3. The van der Waals surface area contributed by atoms with Gasteiger partial charge in [0.05, 0.1) is 12.2 Å². The lowest BCUT2D eigenvalue weighted by Gasteiger charge is -2.12. The first-order valence-corrected chi connectivity index (χ1v) is 6.02. The summed E-state index contributed by atoms with van der Waals surface area (Å²) >= 11 is 0. The van der Waals surface area contributed by atoms with Crippen molar-refractivity contribution in [3.05, 3.63) is 51.8 Å². The van der Waals surface area contributed by atoms with Crippen LogP contribution in [0.2, 0.25) is 0 Å². The fourth-order valence-electron chi connectivity index (χ4n) is 2.37. The molecule has 0 bridgehead atoms. The molecule has 0 saturated carbocycles. The standard InChI is InChI=1S/C15H17N3/c1-10-5-11(2)15(12(3)6-10)9-18-14(8-16)7-13(4)17-18/h5-7H,9H2,1-4H3. The minimum absolute atomic E-state index is 0.617. The van der Waals surface area contributed by atoms with E-state index in [2.05, 4.69) is 44.1 Å². The summed E-state index contributed by atoms with van der Waals surface area (Å²) in [6.45, 7) is 8.89. The Labute approximate surface area is 108 Å². The Morgan fingerprint density at radius 2 is 1.72 bits per heavy atom. The van der Waals surface area contributed by atoms with Crippen LogP contribution in [0.3, 0.4) is 0 Å². The average molecular weight is 239 g/mol. The van der Waals surface area contributed by atoms with E-state index in [0.29, 0.717) is 12.2 Å². The Morgan fingerprint density at radius 1 is 1.11 bits per heavy atom. The molecule has 2 rings (SSSR count). The molecule has 0 radical (unpaired) electrons. The first-order valence-electron chi connectivity index (χ1n) is 6.02. The van der Waals surface area contributed by atoms with Crippen LogP contribution in [0.4, 0.5) is 0 Å². The van der Waals surface area contributed by atoms with E-state index in [-0.39, 0.29) is 0 Å². The predicted octanol–water partition coefficient (Wildman–Crippen LogP) is 3.04. The Hall–Kier alpha value is -2.08. The zero-order valence-corrected chi connectivity index (χ0v) is 11.3. The molecule has 0 saturated heterocycles. The molecule has 0 aliphatic carbocycles. The highest BCUT2D eigenvalue weighted by Crippen LogP contribution is 2.18. The van der Waals surface area contributed by atoms with E-state index in [1.165, 1.54) is 22.3 Å². The highest BCUT2D eigenvalue weighted by molar-refractivity contribution is 5.38. The largest absolute Gasteiger partial charge is 0.250 e. The lowest BCUT2D eigenvalue weighted by Crippen LogP contribution is -2.07. The summed E-state index contributed by atoms with van der Waals surface area (Å²) in [5.41, 5.74) is 6.53. The van der Waals surface area contributed by atoms with Crippen molar-refractivity contribution in [3.63, 3.8) is 0 Å². The Morgan fingerprint density at radius 3 is 2.28 bits per heavy atom. The van der Waals surface area contributed by atoms with E-state index < -0.39 is 0 Å². The van der Waals surface area contributed by atoms with Gasteiger partial charge in [-0.2, -0.15) is 10.4 Å². The number of nitrogens with zero attached hydrogens (tertiary/aromatic N) is 3. The molecule has 2 aromatic rings. The predicted molar refractivity (Wildman–Crippen MR) is 71.4 cm³/mol. The maximum atomic E-state index is 9.08. The molecule has 0 spiro atoms. The number of rotatable bonds is 2. The number of aryl methyl sites for hydroxylation is 4. The summed E-state index contributed by atoms with van der Waals surface area (Å²) in [4.78, 5) is 0. The van der Waals surface area contributed by atoms with Gasteiger partial charge in [-0.05, 0) is 50.5 Å². The quantitative estimate of drug-likeness (QED) is 0.808. The van der Waals surface area contributed by atoms with Gasteiger partial charge in [0, 0.05) is 0 Å². The SMILES string of the molecule is Cc1cc(C)c(Cn2nc(C)cc2C#N)c(C)c1. The van der Waals surface area contributed by atoms with Crippen LogP contribution in [0, 0.1) is 39.0 Å². The van der Waals surface area contributed by atoms with Gasteiger partial charge in [-0.25, -0.2) is 0 Å². The Balaban J connectivity index is 2.43. The second-order valence-corrected chi connectivity index (χ2v) is 4.82. The average Bonchev–Trinajstić information content (AvgIpc) is 2.64. The summed E-state index contributed by atoms with van der Waals surface area (Å²) in [5.74, 6) is 0. The Kier molecular flexibility index (Phi) is 3.20. The van der Waals surface area contributed by atoms with Crippen molar-refractivity contribution in [3.8, 4) is 6.07 Å². The number of nitriles is 1. The molecule has 0 amide bonds. The van der Waals surface area contributed by atoms with Gasteiger partial charge < -0.3 is 0 Å². The first kappa shape index (κ1) is 12.4. The second kappa shape index (κ2) is 4.66. The molecule has 18 heavy (non-hydrogen) atoms. The molecular formula is C15H17N3. The number of benzene rings is 1. The minimum Gasteiger partial charge on any atom is -0.250 e. The first-order chi connectivity index (χ1) is 8.51. The molecule has 0 N–H and O–H groups in total. The summed E-state index contributed by atoms with van der Waals surface area (Å²) < 4.78 is 1.78. The van der Waals surface area contributed by atoms with Gasteiger partial charge in [-0.1, -0.05) is 17.7 Å². The van der Waals surface area contributed by atoms with Crippen LogP contribution in [0.5, 0.6) is 0 Å². The van der Waals surface area contributed by atoms with Crippen molar-refractivity contribution >= 4 is 0 Å². The molecule has 1 aromatic heterocycles. The van der Waals surface area contributed by atoms with Crippen molar-refractivity contribution in [2.24, 2.45) is 0 Å².